The number of hydrogen-bond acceptors (Lipinski definition) is 3. The number of fused-ring (bicyclic) bond motifs is 1. The molecule has 0 aliphatic heterocycles. The van der Waals surface area contributed by atoms with Crippen molar-refractivity contribution in [2.24, 2.45) is 5.73 Å². The van der Waals surface area contributed by atoms with E-state index in [-0.39, 0.29) is 0 Å². The minimum absolute atomic E-state index is 0.461. The first-order chi connectivity index (χ1) is 5.81. The zero-order chi connectivity index (χ0) is 8.55. The van der Waals surface area contributed by atoms with Crippen LogP contribution in [0.25, 0.3) is 5.78 Å². The molecule has 0 bridgehead atoms. The van der Waals surface area contributed by atoms with Gasteiger partial charge in [-0.1, -0.05) is 0 Å². The predicted octanol–water partition coefficient (Wildman–Crippen LogP) is 0.496. The fourth-order valence-electron chi connectivity index (χ4n) is 1.16. The lowest BCUT2D eigenvalue weighted by Crippen LogP contribution is -1.95. The topological polar surface area (TPSA) is 56.2 Å². The molecule has 0 aromatic carbocycles. The Bertz CT molecular complexity index is 404. The largest absolute Gasteiger partial charge is 0.325 e. The number of aryl methyl sites for hydroxylation is 1. The molecular weight excluding hydrogens is 152 g/mol. The third-order valence-corrected chi connectivity index (χ3v) is 1.83. The van der Waals surface area contributed by atoms with Crippen LogP contribution in [0, 0.1) is 6.92 Å². The summed E-state index contributed by atoms with van der Waals surface area (Å²) < 4.78 is 1.93. The summed E-state index contributed by atoms with van der Waals surface area (Å²) in [6, 6.07) is 1.94. The maximum absolute atomic E-state index is 5.46. The normalized spacial score (nSPS) is 10.8. The van der Waals surface area contributed by atoms with Gasteiger partial charge in [0.1, 0.15) is 0 Å². The molecule has 2 rings (SSSR count). The van der Waals surface area contributed by atoms with Crippen LogP contribution in [-0.2, 0) is 6.54 Å². The lowest BCUT2D eigenvalue weighted by Gasteiger charge is -1.94. The van der Waals surface area contributed by atoms with Crippen molar-refractivity contribution in [1.82, 2.24) is 14.4 Å². The van der Waals surface area contributed by atoms with Gasteiger partial charge in [0.2, 0.25) is 5.78 Å². The molecule has 2 aromatic heterocycles. The summed E-state index contributed by atoms with van der Waals surface area (Å²) in [5.41, 5.74) is 7.45. The highest BCUT2D eigenvalue weighted by Gasteiger charge is 2.00. The Morgan fingerprint density at radius 2 is 2.42 bits per heavy atom. The molecule has 2 aromatic rings. The molecule has 62 valence electrons. The van der Waals surface area contributed by atoms with Crippen molar-refractivity contribution >= 4 is 5.78 Å². The van der Waals surface area contributed by atoms with Crippen LogP contribution < -0.4 is 5.73 Å². The first kappa shape index (κ1) is 7.24. The summed E-state index contributed by atoms with van der Waals surface area (Å²) in [4.78, 5) is 8.33. The van der Waals surface area contributed by atoms with E-state index >= 15 is 0 Å². The van der Waals surface area contributed by atoms with Gasteiger partial charge in [-0.25, -0.2) is 9.97 Å². The van der Waals surface area contributed by atoms with Gasteiger partial charge in [-0.15, -0.1) is 0 Å². The Kier molecular flexibility index (Phi) is 1.55. The van der Waals surface area contributed by atoms with Gasteiger partial charge in [0, 0.05) is 24.6 Å². The van der Waals surface area contributed by atoms with Crippen LogP contribution >= 0.6 is 0 Å². The average Bonchev–Trinajstić information content (AvgIpc) is 2.49. The molecule has 0 unspecified atom stereocenters. The van der Waals surface area contributed by atoms with Gasteiger partial charge in [0.15, 0.2) is 0 Å². The van der Waals surface area contributed by atoms with Gasteiger partial charge in [-0.3, -0.25) is 4.40 Å². The standard InChI is InChI=1S/C8H10N4/c1-6-2-3-10-8-11-7(4-9)5-12(6)8/h2-3,5H,4,9H2,1H3. The SMILES string of the molecule is Cc1ccnc2nc(CN)cn12. The van der Waals surface area contributed by atoms with E-state index < -0.39 is 0 Å². The summed E-state index contributed by atoms with van der Waals surface area (Å²) in [5, 5.41) is 0. The first-order valence-corrected chi connectivity index (χ1v) is 3.81. The molecule has 0 aliphatic carbocycles. The highest BCUT2D eigenvalue weighted by molar-refractivity contribution is 5.32. The van der Waals surface area contributed by atoms with Crippen LogP contribution in [0.15, 0.2) is 18.5 Å². The summed E-state index contributed by atoms with van der Waals surface area (Å²) in [7, 11) is 0. The fraction of sp³-hybridized carbons (Fsp3) is 0.250. The molecule has 0 saturated heterocycles. The minimum atomic E-state index is 0.461. The molecule has 12 heavy (non-hydrogen) atoms. The monoisotopic (exact) mass is 162 g/mol. The molecule has 0 saturated carbocycles. The third-order valence-electron chi connectivity index (χ3n) is 1.83. The van der Waals surface area contributed by atoms with Gasteiger partial charge in [0.25, 0.3) is 0 Å². The van der Waals surface area contributed by atoms with Gasteiger partial charge in [-0.05, 0) is 13.0 Å². The van der Waals surface area contributed by atoms with E-state index in [2.05, 4.69) is 9.97 Å². The fourth-order valence-corrected chi connectivity index (χ4v) is 1.16. The molecule has 0 atom stereocenters. The lowest BCUT2D eigenvalue weighted by atomic mass is 10.4. The zero-order valence-corrected chi connectivity index (χ0v) is 6.86. The quantitative estimate of drug-likeness (QED) is 0.664. The van der Waals surface area contributed by atoms with Crippen molar-refractivity contribution in [2.75, 3.05) is 0 Å². The summed E-state index contributed by atoms with van der Waals surface area (Å²) in [6.07, 6.45) is 3.66. The first-order valence-electron chi connectivity index (χ1n) is 3.81. The van der Waals surface area contributed by atoms with Crippen molar-refractivity contribution in [3.8, 4) is 0 Å². The van der Waals surface area contributed by atoms with E-state index in [1.165, 1.54) is 0 Å². The third kappa shape index (κ3) is 0.967. The number of imidazole rings is 1. The van der Waals surface area contributed by atoms with E-state index in [1.54, 1.807) is 6.20 Å². The molecule has 4 heteroatoms. The molecule has 4 nitrogen and oxygen atoms in total. The van der Waals surface area contributed by atoms with Crippen molar-refractivity contribution in [1.29, 1.82) is 0 Å². The minimum Gasteiger partial charge on any atom is -0.325 e. The molecular formula is C8H10N4. The number of nitrogens with zero attached hydrogens (tertiary/aromatic N) is 3. The maximum atomic E-state index is 5.46. The number of rotatable bonds is 1. The highest BCUT2D eigenvalue weighted by atomic mass is 15.1. The van der Waals surface area contributed by atoms with Crippen LogP contribution in [0.1, 0.15) is 11.4 Å². The van der Waals surface area contributed by atoms with Gasteiger partial charge in [0.05, 0.1) is 5.69 Å². The highest BCUT2D eigenvalue weighted by Crippen LogP contribution is 2.04. The summed E-state index contributed by atoms with van der Waals surface area (Å²) >= 11 is 0. The molecule has 0 radical (unpaired) electrons. The molecule has 2 N–H and O–H groups in total. The lowest BCUT2D eigenvalue weighted by molar-refractivity contribution is 1.01. The molecule has 0 spiro atoms. The van der Waals surface area contributed by atoms with Crippen LogP contribution in [0.3, 0.4) is 0 Å². The Labute approximate surface area is 70.1 Å². The van der Waals surface area contributed by atoms with Gasteiger partial charge >= 0.3 is 0 Å². The van der Waals surface area contributed by atoms with Crippen LogP contribution in [0.4, 0.5) is 0 Å². The molecule has 2 heterocycles. The second-order valence-electron chi connectivity index (χ2n) is 2.69. The zero-order valence-electron chi connectivity index (χ0n) is 6.86. The maximum Gasteiger partial charge on any atom is 0.234 e. The van der Waals surface area contributed by atoms with Gasteiger partial charge < -0.3 is 5.73 Å². The Balaban J connectivity index is 2.74. The summed E-state index contributed by atoms with van der Waals surface area (Å²) in [5.74, 6) is 0.718. The summed E-state index contributed by atoms with van der Waals surface area (Å²) in [6.45, 7) is 2.47. The van der Waals surface area contributed by atoms with Crippen LogP contribution in [0.5, 0.6) is 0 Å². The van der Waals surface area contributed by atoms with Crippen LogP contribution in [-0.4, -0.2) is 14.4 Å². The van der Waals surface area contributed by atoms with E-state index in [0.717, 1.165) is 17.2 Å². The molecule has 0 fully saturated rings. The molecule has 0 amide bonds. The van der Waals surface area contributed by atoms with Gasteiger partial charge in [-0.2, -0.15) is 0 Å². The van der Waals surface area contributed by atoms with Crippen molar-refractivity contribution in [3.63, 3.8) is 0 Å². The van der Waals surface area contributed by atoms with Crippen LogP contribution in [0.2, 0.25) is 0 Å². The van der Waals surface area contributed by atoms with E-state index in [4.69, 9.17) is 5.73 Å². The van der Waals surface area contributed by atoms with Crippen molar-refractivity contribution < 1.29 is 0 Å². The average molecular weight is 162 g/mol. The smallest absolute Gasteiger partial charge is 0.234 e. The van der Waals surface area contributed by atoms with E-state index in [1.807, 2.05) is 23.6 Å². The number of aromatic nitrogens is 3. The number of nitrogens with two attached hydrogens (primary N) is 1. The van der Waals surface area contributed by atoms with Crippen molar-refractivity contribution in [2.45, 2.75) is 13.5 Å². The van der Waals surface area contributed by atoms with E-state index in [0.29, 0.717) is 6.54 Å². The Hall–Kier alpha value is -1.42. The van der Waals surface area contributed by atoms with Crippen molar-refractivity contribution in [3.05, 3.63) is 29.8 Å². The van der Waals surface area contributed by atoms with E-state index in [9.17, 15) is 0 Å². The molecule has 0 aliphatic rings. The Morgan fingerprint density at radius 1 is 1.58 bits per heavy atom. The number of hydrogen-bond donors (Lipinski definition) is 1. The second-order valence-corrected chi connectivity index (χ2v) is 2.69. The second kappa shape index (κ2) is 2.57. The Morgan fingerprint density at radius 3 is 3.08 bits per heavy atom. The predicted molar refractivity (Wildman–Crippen MR) is 45.6 cm³/mol.